The number of halogens is 1. The summed E-state index contributed by atoms with van der Waals surface area (Å²) in [7, 11) is 3.75. The molecule has 0 bridgehead atoms. The van der Waals surface area contributed by atoms with Crippen LogP contribution in [-0.2, 0) is 7.05 Å². The molecule has 1 aromatic carbocycles. The smallest absolute Gasteiger partial charge is 0.143 e. The van der Waals surface area contributed by atoms with Gasteiger partial charge in [-0.25, -0.2) is 0 Å². The molecule has 0 saturated heterocycles. The van der Waals surface area contributed by atoms with Crippen molar-refractivity contribution in [1.29, 1.82) is 0 Å². The van der Waals surface area contributed by atoms with E-state index in [0.29, 0.717) is 0 Å². The van der Waals surface area contributed by atoms with Crippen LogP contribution in [0.3, 0.4) is 0 Å². The van der Waals surface area contributed by atoms with E-state index in [-0.39, 0.29) is 0 Å². The second-order valence-electron chi connectivity index (χ2n) is 3.31. The highest BCUT2D eigenvalue weighted by Crippen LogP contribution is 2.34. The summed E-state index contributed by atoms with van der Waals surface area (Å²) in [5, 5.41) is 1.20. The van der Waals surface area contributed by atoms with Gasteiger partial charge >= 0.3 is 0 Å². The number of methoxy groups -OCH3 is 1. The molecule has 0 unspecified atom stereocenters. The lowest BCUT2D eigenvalue weighted by atomic mass is 10.2. The number of benzene rings is 1. The normalized spacial score (nSPS) is 10.9. The molecule has 3 heteroatoms. The van der Waals surface area contributed by atoms with Gasteiger partial charge in [0.1, 0.15) is 5.75 Å². The second kappa shape index (κ2) is 3.31. The first-order chi connectivity index (χ1) is 6.66. The molecule has 0 aliphatic heterocycles. The Hall–Kier alpha value is -0.960. The highest BCUT2D eigenvalue weighted by atomic mass is 79.9. The summed E-state index contributed by atoms with van der Waals surface area (Å²) < 4.78 is 8.62. The molecule has 0 aliphatic rings. The van der Waals surface area contributed by atoms with Gasteiger partial charge in [-0.3, -0.25) is 0 Å². The fraction of sp³-hybridized carbons (Fsp3) is 0.273. The van der Waals surface area contributed by atoms with E-state index in [2.05, 4.69) is 33.5 Å². The Bertz CT molecular complexity index is 487. The predicted octanol–water partition coefficient (Wildman–Crippen LogP) is 3.26. The molecule has 1 aromatic heterocycles. The molecular weight excluding hydrogens is 242 g/mol. The highest BCUT2D eigenvalue weighted by molar-refractivity contribution is 9.10. The van der Waals surface area contributed by atoms with Crippen molar-refractivity contribution in [1.82, 2.24) is 4.57 Å². The zero-order valence-electron chi connectivity index (χ0n) is 8.47. The minimum absolute atomic E-state index is 0.916. The maximum Gasteiger partial charge on any atom is 0.143 e. The van der Waals surface area contributed by atoms with Crippen LogP contribution in [0.2, 0.25) is 0 Å². The lowest BCUT2D eigenvalue weighted by Crippen LogP contribution is -1.92. The van der Waals surface area contributed by atoms with Crippen LogP contribution in [-0.4, -0.2) is 11.7 Å². The Balaban J connectivity index is 2.94. The highest BCUT2D eigenvalue weighted by Gasteiger charge is 2.12. The van der Waals surface area contributed by atoms with Crippen molar-refractivity contribution in [3.05, 3.63) is 28.4 Å². The van der Waals surface area contributed by atoms with Gasteiger partial charge in [-0.05, 0) is 28.9 Å². The molecule has 0 aliphatic carbocycles. The van der Waals surface area contributed by atoms with Crippen molar-refractivity contribution in [2.24, 2.45) is 7.05 Å². The van der Waals surface area contributed by atoms with Crippen molar-refractivity contribution in [3.8, 4) is 5.75 Å². The van der Waals surface area contributed by atoms with Crippen molar-refractivity contribution in [2.75, 3.05) is 7.11 Å². The molecule has 0 spiro atoms. The molecule has 14 heavy (non-hydrogen) atoms. The third kappa shape index (κ3) is 1.16. The van der Waals surface area contributed by atoms with Gasteiger partial charge < -0.3 is 9.30 Å². The van der Waals surface area contributed by atoms with Gasteiger partial charge in [0, 0.05) is 22.6 Å². The maximum atomic E-state index is 5.33. The SMILES string of the molecule is COc1cccc2c(Br)c(C)n(C)c12. The van der Waals surface area contributed by atoms with Gasteiger partial charge in [-0.15, -0.1) is 0 Å². The Morgan fingerprint density at radius 3 is 2.71 bits per heavy atom. The molecule has 0 N–H and O–H groups in total. The van der Waals surface area contributed by atoms with E-state index in [1.54, 1.807) is 7.11 Å². The van der Waals surface area contributed by atoms with Gasteiger partial charge in [0.25, 0.3) is 0 Å². The number of hydrogen-bond donors (Lipinski definition) is 0. The summed E-state index contributed by atoms with van der Waals surface area (Å²) in [4.78, 5) is 0. The van der Waals surface area contributed by atoms with E-state index in [1.807, 2.05) is 19.2 Å². The van der Waals surface area contributed by atoms with Crippen LogP contribution in [0.5, 0.6) is 5.75 Å². The molecule has 0 saturated carbocycles. The zero-order chi connectivity index (χ0) is 10.3. The van der Waals surface area contributed by atoms with Crippen molar-refractivity contribution in [3.63, 3.8) is 0 Å². The fourth-order valence-corrected chi connectivity index (χ4v) is 2.31. The van der Waals surface area contributed by atoms with E-state index in [4.69, 9.17) is 4.74 Å². The predicted molar refractivity (Wildman–Crippen MR) is 61.9 cm³/mol. The molecule has 2 nitrogen and oxygen atoms in total. The first kappa shape index (κ1) is 9.59. The van der Waals surface area contributed by atoms with Crippen LogP contribution < -0.4 is 4.74 Å². The van der Waals surface area contributed by atoms with Gasteiger partial charge in [-0.2, -0.15) is 0 Å². The number of fused-ring (bicyclic) bond motifs is 1. The average molecular weight is 254 g/mol. The summed E-state index contributed by atoms with van der Waals surface area (Å²) in [5.74, 6) is 0.916. The van der Waals surface area contributed by atoms with Crippen molar-refractivity contribution < 1.29 is 4.74 Å². The minimum atomic E-state index is 0.916. The van der Waals surface area contributed by atoms with Gasteiger partial charge in [0.05, 0.1) is 12.6 Å². The van der Waals surface area contributed by atoms with E-state index in [0.717, 1.165) is 15.7 Å². The number of nitrogens with zero attached hydrogens (tertiary/aromatic N) is 1. The first-order valence-electron chi connectivity index (χ1n) is 4.44. The van der Waals surface area contributed by atoms with Crippen LogP contribution in [0.1, 0.15) is 5.69 Å². The Morgan fingerprint density at radius 1 is 1.36 bits per heavy atom. The van der Waals surface area contributed by atoms with Crippen LogP contribution in [0.25, 0.3) is 10.9 Å². The summed E-state index contributed by atoms with van der Waals surface area (Å²) in [6, 6.07) is 6.08. The van der Waals surface area contributed by atoms with E-state index >= 15 is 0 Å². The van der Waals surface area contributed by atoms with Gasteiger partial charge in [0.2, 0.25) is 0 Å². The maximum absolute atomic E-state index is 5.33. The van der Waals surface area contributed by atoms with Gasteiger partial charge in [0.15, 0.2) is 0 Å². The third-order valence-corrected chi connectivity index (χ3v) is 3.61. The number of rotatable bonds is 1. The Labute approximate surface area is 91.6 Å². The standard InChI is InChI=1S/C11H12BrNO/c1-7-10(12)8-5-4-6-9(14-3)11(8)13(7)2/h4-6H,1-3H3. The van der Waals surface area contributed by atoms with Crippen LogP contribution in [0.15, 0.2) is 22.7 Å². The van der Waals surface area contributed by atoms with Crippen molar-refractivity contribution in [2.45, 2.75) is 6.92 Å². The molecule has 2 rings (SSSR count). The fourth-order valence-electron chi connectivity index (χ4n) is 1.72. The first-order valence-corrected chi connectivity index (χ1v) is 5.23. The number of ether oxygens (including phenoxy) is 1. The van der Waals surface area contributed by atoms with E-state index in [9.17, 15) is 0 Å². The van der Waals surface area contributed by atoms with E-state index in [1.165, 1.54) is 11.1 Å². The number of para-hydroxylation sites is 1. The van der Waals surface area contributed by atoms with E-state index < -0.39 is 0 Å². The summed E-state index contributed by atoms with van der Waals surface area (Å²) in [5.41, 5.74) is 2.35. The van der Waals surface area contributed by atoms with Crippen LogP contribution >= 0.6 is 15.9 Å². The van der Waals surface area contributed by atoms with Crippen molar-refractivity contribution >= 4 is 26.8 Å². The lowest BCUT2D eigenvalue weighted by Gasteiger charge is -2.04. The Morgan fingerprint density at radius 2 is 2.07 bits per heavy atom. The second-order valence-corrected chi connectivity index (χ2v) is 4.11. The quantitative estimate of drug-likeness (QED) is 0.761. The summed E-state index contributed by atoms with van der Waals surface area (Å²) in [6.07, 6.45) is 0. The number of aryl methyl sites for hydroxylation is 1. The molecule has 0 radical (unpaired) electrons. The minimum Gasteiger partial charge on any atom is -0.495 e. The average Bonchev–Trinajstić information content (AvgIpc) is 2.44. The molecular formula is C11H12BrNO. The largest absolute Gasteiger partial charge is 0.495 e. The summed E-state index contributed by atoms with van der Waals surface area (Å²) >= 11 is 3.59. The lowest BCUT2D eigenvalue weighted by molar-refractivity contribution is 0.418. The Kier molecular flexibility index (Phi) is 2.27. The molecule has 74 valence electrons. The molecule has 0 fully saturated rings. The number of aromatic nitrogens is 1. The number of hydrogen-bond acceptors (Lipinski definition) is 1. The molecule has 0 amide bonds. The third-order valence-electron chi connectivity index (χ3n) is 2.61. The monoisotopic (exact) mass is 253 g/mol. The van der Waals surface area contributed by atoms with Crippen LogP contribution in [0.4, 0.5) is 0 Å². The summed E-state index contributed by atoms with van der Waals surface area (Å²) in [6.45, 7) is 2.09. The molecule has 1 heterocycles. The zero-order valence-corrected chi connectivity index (χ0v) is 10.1. The molecule has 0 atom stereocenters. The van der Waals surface area contributed by atoms with Gasteiger partial charge in [-0.1, -0.05) is 12.1 Å². The van der Waals surface area contributed by atoms with Crippen LogP contribution in [0, 0.1) is 6.92 Å². The topological polar surface area (TPSA) is 14.2 Å². The molecule has 2 aromatic rings.